The minimum Gasteiger partial charge on any atom is -0.493 e. The zero-order valence-corrected chi connectivity index (χ0v) is 15.8. The zero-order chi connectivity index (χ0) is 16.5. The van der Waals surface area contributed by atoms with Crippen LogP contribution in [0.1, 0.15) is 39.7 Å². The van der Waals surface area contributed by atoms with Gasteiger partial charge >= 0.3 is 0 Å². The Labute approximate surface area is 142 Å². The van der Waals surface area contributed by atoms with Gasteiger partial charge in [0.05, 0.1) is 19.3 Å². The Morgan fingerprint density at radius 1 is 1.14 bits per heavy atom. The van der Waals surface area contributed by atoms with E-state index < -0.39 is 0 Å². The van der Waals surface area contributed by atoms with E-state index in [2.05, 4.69) is 35.1 Å². The Balaban J connectivity index is 2.64. The average molecular weight is 374 g/mol. The molecule has 0 fully saturated rings. The second kappa shape index (κ2) is 10.1. The molecule has 1 aromatic rings. The lowest BCUT2D eigenvalue weighted by atomic mass is 10.1. The van der Waals surface area contributed by atoms with Gasteiger partial charge in [0, 0.05) is 23.2 Å². The molecule has 22 heavy (non-hydrogen) atoms. The summed E-state index contributed by atoms with van der Waals surface area (Å²) < 4.78 is 17.9. The van der Waals surface area contributed by atoms with E-state index >= 15 is 0 Å². The number of benzene rings is 1. The van der Waals surface area contributed by atoms with E-state index in [-0.39, 0.29) is 6.10 Å². The van der Waals surface area contributed by atoms with Crippen molar-refractivity contribution in [3.05, 3.63) is 22.2 Å². The summed E-state index contributed by atoms with van der Waals surface area (Å²) in [4.78, 5) is 0. The third-order valence-corrected chi connectivity index (χ3v) is 3.73. The summed E-state index contributed by atoms with van der Waals surface area (Å²) in [5.41, 5.74) is 1.08. The highest BCUT2D eigenvalue weighted by Gasteiger charge is 2.15. The van der Waals surface area contributed by atoms with Gasteiger partial charge in [0.15, 0.2) is 11.5 Å². The van der Waals surface area contributed by atoms with Gasteiger partial charge in [-0.2, -0.15) is 0 Å². The Morgan fingerprint density at radius 2 is 1.86 bits per heavy atom. The fourth-order valence-electron chi connectivity index (χ4n) is 2.00. The summed E-state index contributed by atoms with van der Waals surface area (Å²) in [5.74, 6) is 1.56. The minimum absolute atomic E-state index is 0.0985. The fraction of sp³-hybridized carbons (Fsp3) is 0.647. The van der Waals surface area contributed by atoms with Gasteiger partial charge in [-0.3, -0.25) is 0 Å². The second-order valence-electron chi connectivity index (χ2n) is 5.67. The van der Waals surface area contributed by atoms with Crippen molar-refractivity contribution >= 4 is 15.9 Å². The molecule has 0 saturated heterocycles. The molecule has 0 aliphatic carbocycles. The molecule has 126 valence electrons. The topological polar surface area (TPSA) is 39.7 Å². The van der Waals surface area contributed by atoms with Crippen LogP contribution in [0.2, 0.25) is 0 Å². The number of nitrogens with one attached hydrogen (secondary N) is 1. The van der Waals surface area contributed by atoms with Crippen LogP contribution in [0.15, 0.2) is 16.6 Å². The molecule has 0 aliphatic heterocycles. The highest BCUT2D eigenvalue weighted by molar-refractivity contribution is 9.10. The molecule has 0 spiro atoms. The summed E-state index contributed by atoms with van der Waals surface area (Å²) >= 11 is 3.60. The number of rotatable bonds is 10. The van der Waals surface area contributed by atoms with Gasteiger partial charge in [-0.15, -0.1) is 0 Å². The lowest BCUT2D eigenvalue weighted by Gasteiger charge is -2.19. The quantitative estimate of drug-likeness (QED) is 0.625. The van der Waals surface area contributed by atoms with Gasteiger partial charge in [0.1, 0.15) is 0 Å². The van der Waals surface area contributed by atoms with Crippen LogP contribution in [0.3, 0.4) is 0 Å². The van der Waals surface area contributed by atoms with Gasteiger partial charge in [-0.1, -0.05) is 15.9 Å². The molecule has 0 unspecified atom stereocenters. The SMILES string of the molecule is COc1ccc(Br)c(CNCCCOC(C)C)c1OC(C)C. The highest BCUT2D eigenvalue weighted by Crippen LogP contribution is 2.36. The molecule has 0 bridgehead atoms. The zero-order valence-electron chi connectivity index (χ0n) is 14.2. The summed E-state index contributed by atoms with van der Waals surface area (Å²) in [6.07, 6.45) is 1.38. The maximum atomic E-state index is 5.94. The molecule has 5 heteroatoms. The van der Waals surface area contributed by atoms with Gasteiger partial charge in [-0.25, -0.2) is 0 Å². The molecule has 0 saturated carbocycles. The first-order chi connectivity index (χ1) is 10.5. The van der Waals surface area contributed by atoms with E-state index in [0.29, 0.717) is 6.10 Å². The van der Waals surface area contributed by atoms with Crippen molar-refractivity contribution in [2.75, 3.05) is 20.3 Å². The Morgan fingerprint density at radius 3 is 2.45 bits per heavy atom. The third kappa shape index (κ3) is 6.55. The first-order valence-corrected chi connectivity index (χ1v) is 8.59. The van der Waals surface area contributed by atoms with Crippen LogP contribution in [0.25, 0.3) is 0 Å². The molecular formula is C17H28BrNO3. The molecule has 0 heterocycles. The van der Waals surface area contributed by atoms with Crippen LogP contribution in [0.5, 0.6) is 11.5 Å². The lowest BCUT2D eigenvalue weighted by Crippen LogP contribution is -2.19. The molecule has 4 nitrogen and oxygen atoms in total. The molecule has 1 aromatic carbocycles. The molecule has 1 rings (SSSR count). The minimum atomic E-state index is 0.0985. The van der Waals surface area contributed by atoms with Crippen molar-refractivity contribution in [2.24, 2.45) is 0 Å². The van der Waals surface area contributed by atoms with Crippen LogP contribution >= 0.6 is 15.9 Å². The normalized spacial score (nSPS) is 11.3. The van der Waals surface area contributed by atoms with Gasteiger partial charge in [0.25, 0.3) is 0 Å². The molecule has 1 N–H and O–H groups in total. The standard InChI is InChI=1S/C17H28BrNO3/c1-12(2)21-10-6-9-19-11-14-15(18)7-8-16(20-5)17(14)22-13(3)4/h7-8,12-13,19H,6,9-11H2,1-5H3. The first kappa shape index (κ1) is 19.3. The van der Waals surface area contributed by atoms with E-state index in [9.17, 15) is 0 Å². The largest absolute Gasteiger partial charge is 0.493 e. The van der Waals surface area contributed by atoms with E-state index in [1.807, 2.05) is 26.0 Å². The van der Waals surface area contributed by atoms with E-state index in [4.69, 9.17) is 14.2 Å². The van der Waals surface area contributed by atoms with Crippen molar-refractivity contribution in [1.29, 1.82) is 0 Å². The smallest absolute Gasteiger partial charge is 0.167 e. The van der Waals surface area contributed by atoms with Crippen molar-refractivity contribution < 1.29 is 14.2 Å². The predicted molar refractivity (Wildman–Crippen MR) is 93.9 cm³/mol. The molecule has 0 aromatic heterocycles. The van der Waals surface area contributed by atoms with Crippen LogP contribution in [-0.2, 0) is 11.3 Å². The molecule has 0 aliphatic rings. The number of methoxy groups -OCH3 is 1. The van der Waals surface area contributed by atoms with Crippen molar-refractivity contribution in [3.8, 4) is 11.5 Å². The number of ether oxygens (including phenoxy) is 3. The number of halogens is 1. The van der Waals surface area contributed by atoms with E-state index in [1.54, 1.807) is 7.11 Å². The summed E-state index contributed by atoms with van der Waals surface area (Å²) in [7, 11) is 1.66. The van der Waals surface area contributed by atoms with Crippen LogP contribution in [0.4, 0.5) is 0 Å². The lowest BCUT2D eigenvalue weighted by molar-refractivity contribution is 0.0770. The molecule has 0 amide bonds. The van der Waals surface area contributed by atoms with Gasteiger partial charge < -0.3 is 19.5 Å². The summed E-state index contributed by atoms with van der Waals surface area (Å²) in [6.45, 7) is 10.5. The molecular weight excluding hydrogens is 346 g/mol. The van der Waals surface area contributed by atoms with Crippen molar-refractivity contribution in [3.63, 3.8) is 0 Å². The van der Waals surface area contributed by atoms with Gasteiger partial charge in [-0.05, 0) is 52.8 Å². The molecule has 0 radical (unpaired) electrons. The predicted octanol–water partition coefficient (Wildman–Crippen LogP) is 4.15. The third-order valence-electron chi connectivity index (χ3n) is 2.99. The number of hydrogen-bond donors (Lipinski definition) is 1. The van der Waals surface area contributed by atoms with Crippen LogP contribution in [0, 0.1) is 0 Å². The summed E-state index contributed by atoms with van der Waals surface area (Å²) in [5, 5.41) is 3.44. The first-order valence-electron chi connectivity index (χ1n) is 7.80. The highest BCUT2D eigenvalue weighted by atomic mass is 79.9. The molecule has 0 atom stereocenters. The van der Waals surface area contributed by atoms with Crippen molar-refractivity contribution in [1.82, 2.24) is 5.32 Å². The second-order valence-corrected chi connectivity index (χ2v) is 6.53. The Kier molecular flexibility index (Phi) is 8.83. The van der Waals surface area contributed by atoms with Gasteiger partial charge in [0.2, 0.25) is 0 Å². The maximum absolute atomic E-state index is 5.94. The van der Waals surface area contributed by atoms with E-state index in [0.717, 1.165) is 47.7 Å². The van der Waals surface area contributed by atoms with Crippen molar-refractivity contribution in [2.45, 2.75) is 52.9 Å². The monoisotopic (exact) mass is 373 g/mol. The van der Waals surface area contributed by atoms with Crippen LogP contribution in [-0.4, -0.2) is 32.5 Å². The summed E-state index contributed by atoms with van der Waals surface area (Å²) in [6, 6.07) is 3.91. The Bertz CT molecular complexity index is 450. The average Bonchev–Trinajstić information content (AvgIpc) is 2.44. The van der Waals surface area contributed by atoms with Crippen LogP contribution < -0.4 is 14.8 Å². The Hall–Kier alpha value is -0.780. The van der Waals surface area contributed by atoms with E-state index in [1.165, 1.54) is 0 Å². The number of hydrogen-bond acceptors (Lipinski definition) is 4. The fourth-order valence-corrected chi connectivity index (χ4v) is 2.45. The maximum Gasteiger partial charge on any atom is 0.167 e.